The van der Waals surface area contributed by atoms with Gasteiger partial charge in [0.25, 0.3) is 5.91 Å². The van der Waals surface area contributed by atoms with Crippen molar-refractivity contribution in [3.63, 3.8) is 0 Å². The number of ether oxygens (including phenoxy) is 1. The molecule has 0 unspecified atom stereocenters. The number of benzene rings is 1. The zero-order chi connectivity index (χ0) is 16.1. The molecule has 5 heteroatoms. The van der Waals surface area contributed by atoms with Crippen LogP contribution in [0.4, 0.5) is 0 Å². The molecule has 0 bridgehead atoms. The first kappa shape index (κ1) is 15.7. The number of aryl methyl sites for hydroxylation is 1. The topological polar surface area (TPSA) is 58.2 Å². The summed E-state index contributed by atoms with van der Waals surface area (Å²) in [5.74, 6) is 0.108. The number of aromatic nitrogens is 2. The van der Waals surface area contributed by atoms with Crippen molar-refractivity contribution in [2.24, 2.45) is 0 Å². The lowest BCUT2D eigenvalue weighted by Gasteiger charge is -2.20. The first-order valence-electron chi connectivity index (χ1n) is 8.20. The Morgan fingerprint density at radius 2 is 2.22 bits per heavy atom. The molecular weight excluding hydrogens is 290 g/mol. The number of hydrogen-bond donors (Lipinski definition) is 1. The minimum absolute atomic E-state index is 0.108. The Balaban J connectivity index is 1.47. The summed E-state index contributed by atoms with van der Waals surface area (Å²) in [5.41, 5.74) is 3.17. The molecule has 1 aromatic heterocycles. The van der Waals surface area contributed by atoms with Crippen molar-refractivity contribution >= 4 is 5.91 Å². The first-order valence-corrected chi connectivity index (χ1v) is 8.20. The standard InChI is InChI=1S/C18H23N3O2/c1-21(18(22)17-10-6-12-23-17)11-5-9-15-13-16(20-19-15)14-7-3-2-4-8-14/h2-4,7-8,13,17H,5-6,9-12H2,1H3,(H,19,20)/t17-/m1/s1. The van der Waals surface area contributed by atoms with Crippen LogP contribution in [-0.4, -0.2) is 47.3 Å². The molecule has 23 heavy (non-hydrogen) atoms. The number of hydrogen-bond acceptors (Lipinski definition) is 3. The highest BCUT2D eigenvalue weighted by molar-refractivity contribution is 5.80. The van der Waals surface area contributed by atoms with E-state index in [0.29, 0.717) is 6.61 Å². The predicted molar refractivity (Wildman–Crippen MR) is 89.0 cm³/mol. The lowest BCUT2D eigenvalue weighted by atomic mass is 10.1. The lowest BCUT2D eigenvalue weighted by molar-refractivity contribution is -0.139. The van der Waals surface area contributed by atoms with E-state index in [1.165, 1.54) is 0 Å². The van der Waals surface area contributed by atoms with Crippen molar-refractivity contribution in [1.29, 1.82) is 0 Å². The maximum atomic E-state index is 12.2. The quantitative estimate of drug-likeness (QED) is 0.892. The molecule has 0 saturated carbocycles. The molecule has 1 atom stereocenters. The maximum Gasteiger partial charge on any atom is 0.251 e. The van der Waals surface area contributed by atoms with E-state index in [-0.39, 0.29) is 12.0 Å². The minimum Gasteiger partial charge on any atom is -0.368 e. The van der Waals surface area contributed by atoms with Crippen LogP contribution in [0.15, 0.2) is 36.4 Å². The molecule has 1 aliphatic rings. The molecule has 5 nitrogen and oxygen atoms in total. The van der Waals surface area contributed by atoms with Crippen LogP contribution in [-0.2, 0) is 16.0 Å². The van der Waals surface area contributed by atoms with Gasteiger partial charge in [0.15, 0.2) is 0 Å². The van der Waals surface area contributed by atoms with Crippen LogP contribution in [0.25, 0.3) is 11.3 Å². The van der Waals surface area contributed by atoms with Gasteiger partial charge in [0, 0.05) is 31.5 Å². The molecule has 1 saturated heterocycles. The van der Waals surface area contributed by atoms with Crippen molar-refractivity contribution in [2.45, 2.75) is 31.8 Å². The Kier molecular flexibility index (Phi) is 5.08. The van der Waals surface area contributed by atoms with E-state index in [4.69, 9.17) is 4.74 Å². The summed E-state index contributed by atoms with van der Waals surface area (Å²) in [6.45, 7) is 1.44. The number of amides is 1. The van der Waals surface area contributed by atoms with Crippen LogP contribution < -0.4 is 0 Å². The van der Waals surface area contributed by atoms with Gasteiger partial charge in [0.2, 0.25) is 0 Å². The summed E-state index contributed by atoms with van der Waals surface area (Å²) in [6.07, 6.45) is 3.40. The van der Waals surface area contributed by atoms with Gasteiger partial charge >= 0.3 is 0 Å². The molecule has 1 aliphatic heterocycles. The number of H-pyrrole nitrogens is 1. The molecule has 2 aromatic rings. The molecule has 0 spiro atoms. The Hall–Kier alpha value is -2.14. The van der Waals surface area contributed by atoms with Crippen LogP contribution in [0.2, 0.25) is 0 Å². The second-order valence-corrected chi connectivity index (χ2v) is 6.01. The van der Waals surface area contributed by atoms with Gasteiger partial charge in [0.1, 0.15) is 6.10 Å². The van der Waals surface area contributed by atoms with Gasteiger partial charge in [-0.25, -0.2) is 0 Å². The molecular formula is C18H23N3O2. The number of carbonyl (C=O) groups is 1. The van der Waals surface area contributed by atoms with E-state index in [0.717, 1.165) is 49.2 Å². The van der Waals surface area contributed by atoms with Gasteiger partial charge in [-0.1, -0.05) is 30.3 Å². The summed E-state index contributed by atoms with van der Waals surface area (Å²) in [7, 11) is 1.85. The fourth-order valence-corrected chi connectivity index (χ4v) is 2.88. The highest BCUT2D eigenvalue weighted by Gasteiger charge is 2.26. The van der Waals surface area contributed by atoms with Gasteiger partial charge in [0.05, 0.1) is 5.69 Å². The molecule has 1 aromatic carbocycles. The summed E-state index contributed by atoms with van der Waals surface area (Å²) in [4.78, 5) is 13.9. The van der Waals surface area contributed by atoms with Crippen molar-refractivity contribution in [3.8, 4) is 11.3 Å². The third kappa shape index (κ3) is 3.99. The fraction of sp³-hybridized carbons (Fsp3) is 0.444. The second kappa shape index (κ2) is 7.42. The summed E-state index contributed by atoms with van der Waals surface area (Å²) < 4.78 is 5.45. The van der Waals surface area contributed by atoms with Gasteiger partial charge in [-0.2, -0.15) is 5.10 Å². The van der Waals surface area contributed by atoms with Crippen molar-refractivity contribution in [3.05, 3.63) is 42.1 Å². The van der Waals surface area contributed by atoms with E-state index >= 15 is 0 Å². The normalized spacial score (nSPS) is 17.3. The summed E-state index contributed by atoms with van der Waals surface area (Å²) in [6, 6.07) is 12.2. The van der Waals surface area contributed by atoms with Crippen LogP contribution in [0.1, 0.15) is 25.0 Å². The number of nitrogens with zero attached hydrogens (tertiary/aromatic N) is 2. The molecule has 1 amide bonds. The monoisotopic (exact) mass is 313 g/mol. The average molecular weight is 313 g/mol. The third-order valence-corrected chi connectivity index (χ3v) is 4.22. The van der Waals surface area contributed by atoms with Crippen LogP contribution in [0.3, 0.4) is 0 Å². The van der Waals surface area contributed by atoms with Gasteiger partial charge < -0.3 is 9.64 Å². The summed E-state index contributed by atoms with van der Waals surface area (Å²) >= 11 is 0. The molecule has 0 aliphatic carbocycles. The SMILES string of the molecule is CN(CCCc1cc(-c2ccccc2)n[nH]1)C(=O)[C@H]1CCCO1. The van der Waals surface area contributed by atoms with E-state index in [1.807, 2.05) is 37.4 Å². The van der Waals surface area contributed by atoms with E-state index in [2.05, 4.69) is 16.3 Å². The Morgan fingerprint density at radius 1 is 1.39 bits per heavy atom. The smallest absolute Gasteiger partial charge is 0.251 e. The van der Waals surface area contributed by atoms with Gasteiger partial charge in [-0.3, -0.25) is 9.89 Å². The highest BCUT2D eigenvalue weighted by atomic mass is 16.5. The van der Waals surface area contributed by atoms with Crippen molar-refractivity contribution in [1.82, 2.24) is 15.1 Å². The Morgan fingerprint density at radius 3 is 2.96 bits per heavy atom. The van der Waals surface area contributed by atoms with Crippen LogP contribution >= 0.6 is 0 Å². The molecule has 3 rings (SSSR count). The van der Waals surface area contributed by atoms with Crippen molar-refractivity contribution in [2.75, 3.05) is 20.2 Å². The number of nitrogens with one attached hydrogen (secondary N) is 1. The minimum atomic E-state index is -0.225. The largest absolute Gasteiger partial charge is 0.368 e. The fourth-order valence-electron chi connectivity index (χ4n) is 2.88. The third-order valence-electron chi connectivity index (χ3n) is 4.22. The predicted octanol–water partition coefficient (Wildman–Crippen LogP) is 2.65. The Bertz CT molecular complexity index is 633. The van der Waals surface area contributed by atoms with Crippen LogP contribution in [0, 0.1) is 0 Å². The molecule has 122 valence electrons. The van der Waals surface area contributed by atoms with Crippen molar-refractivity contribution < 1.29 is 9.53 Å². The molecule has 2 heterocycles. The van der Waals surface area contributed by atoms with Gasteiger partial charge in [-0.15, -0.1) is 0 Å². The van der Waals surface area contributed by atoms with Crippen LogP contribution in [0.5, 0.6) is 0 Å². The van der Waals surface area contributed by atoms with E-state index in [1.54, 1.807) is 4.90 Å². The average Bonchev–Trinajstić information content (AvgIpc) is 3.27. The second-order valence-electron chi connectivity index (χ2n) is 6.01. The van der Waals surface area contributed by atoms with E-state index in [9.17, 15) is 4.79 Å². The maximum absolute atomic E-state index is 12.2. The van der Waals surface area contributed by atoms with E-state index < -0.39 is 0 Å². The molecule has 1 fully saturated rings. The molecule has 0 radical (unpaired) electrons. The Labute approximate surface area is 136 Å². The van der Waals surface area contributed by atoms with Gasteiger partial charge in [-0.05, 0) is 31.7 Å². The zero-order valence-electron chi connectivity index (χ0n) is 13.5. The number of carbonyl (C=O) groups excluding carboxylic acids is 1. The first-order chi connectivity index (χ1) is 11.2. The highest BCUT2D eigenvalue weighted by Crippen LogP contribution is 2.18. The number of aromatic amines is 1. The number of rotatable bonds is 6. The summed E-state index contributed by atoms with van der Waals surface area (Å²) in [5, 5.41) is 7.44. The molecule has 1 N–H and O–H groups in total. The number of likely N-dealkylation sites (N-methyl/N-ethyl adjacent to an activating group) is 1. The zero-order valence-corrected chi connectivity index (χ0v) is 13.5. The lowest BCUT2D eigenvalue weighted by Crippen LogP contribution is -2.36.